The maximum Gasteiger partial charge on any atom is 0.342 e. The lowest BCUT2D eigenvalue weighted by Gasteiger charge is -2.10. The fourth-order valence-corrected chi connectivity index (χ4v) is 2.85. The lowest BCUT2D eigenvalue weighted by molar-refractivity contribution is 0.0470. The van der Waals surface area contributed by atoms with Gasteiger partial charge in [-0.05, 0) is 36.2 Å². The van der Waals surface area contributed by atoms with Crippen molar-refractivity contribution < 1.29 is 18.7 Å². The lowest BCUT2D eigenvalue weighted by atomic mass is 10.1. The number of hydrogen-bond donors (Lipinski definition) is 0. The van der Waals surface area contributed by atoms with Crippen LogP contribution in [0.3, 0.4) is 0 Å². The Morgan fingerprint density at radius 1 is 1.15 bits per heavy atom. The van der Waals surface area contributed by atoms with Gasteiger partial charge in [-0.15, -0.1) is 0 Å². The number of hydrogen-bond acceptors (Lipinski definition) is 5. The average molecular weight is 373 g/mol. The smallest absolute Gasteiger partial charge is 0.342 e. The first-order valence-corrected chi connectivity index (χ1v) is 8.46. The topological polar surface area (TPSA) is 65.7 Å². The molecule has 0 aliphatic heterocycles. The molecule has 134 valence electrons. The standard InChI is InChI=1S/C20H17ClO5/c1-3-12-4-6-15-13(9-19(22)26-18(15)8-12)11-25-20(23)16-10-14(21)5-7-17(16)24-2/h4-10H,3,11H2,1-2H3. The second kappa shape index (κ2) is 7.62. The van der Waals surface area contributed by atoms with Crippen molar-refractivity contribution in [3.8, 4) is 5.75 Å². The van der Waals surface area contributed by atoms with Crippen LogP contribution >= 0.6 is 11.6 Å². The number of methoxy groups -OCH3 is 1. The van der Waals surface area contributed by atoms with Crippen LogP contribution in [0.1, 0.15) is 28.4 Å². The summed E-state index contributed by atoms with van der Waals surface area (Å²) in [7, 11) is 1.46. The zero-order valence-corrected chi connectivity index (χ0v) is 15.1. The van der Waals surface area contributed by atoms with Gasteiger partial charge in [0.2, 0.25) is 0 Å². The summed E-state index contributed by atoms with van der Waals surface area (Å²) in [4.78, 5) is 24.2. The van der Waals surface area contributed by atoms with E-state index in [0.29, 0.717) is 21.9 Å². The number of benzene rings is 2. The van der Waals surface area contributed by atoms with Crippen LogP contribution in [0, 0.1) is 0 Å². The van der Waals surface area contributed by atoms with Crippen molar-refractivity contribution in [3.05, 3.63) is 74.6 Å². The molecule has 0 amide bonds. The molecule has 26 heavy (non-hydrogen) atoms. The minimum atomic E-state index is -0.587. The van der Waals surface area contributed by atoms with Crippen LogP contribution in [-0.4, -0.2) is 13.1 Å². The van der Waals surface area contributed by atoms with E-state index in [2.05, 4.69) is 0 Å². The first kappa shape index (κ1) is 18.0. The Kier molecular flexibility index (Phi) is 5.28. The summed E-state index contributed by atoms with van der Waals surface area (Å²) in [5.41, 5.74) is 1.84. The second-order valence-electron chi connectivity index (χ2n) is 5.70. The number of esters is 1. The first-order chi connectivity index (χ1) is 12.5. The van der Waals surface area contributed by atoms with Gasteiger partial charge in [0.1, 0.15) is 23.5 Å². The molecular weight excluding hydrogens is 356 g/mol. The molecule has 0 fully saturated rings. The summed E-state index contributed by atoms with van der Waals surface area (Å²) in [5, 5.41) is 1.13. The molecule has 0 saturated heterocycles. The summed E-state index contributed by atoms with van der Waals surface area (Å²) in [5.74, 6) is -0.222. The molecule has 3 aromatic rings. The fraction of sp³-hybridized carbons (Fsp3) is 0.200. The molecule has 0 atom stereocenters. The van der Waals surface area contributed by atoms with Gasteiger partial charge in [-0.25, -0.2) is 9.59 Å². The third-order valence-corrected chi connectivity index (χ3v) is 4.28. The van der Waals surface area contributed by atoms with Gasteiger partial charge >= 0.3 is 11.6 Å². The van der Waals surface area contributed by atoms with Gasteiger partial charge < -0.3 is 13.9 Å². The summed E-state index contributed by atoms with van der Waals surface area (Å²) < 4.78 is 15.8. The number of fused-ring (bicyclic) bond motifs is 1. The molecular formula is C20H17ClO5. The van der Waals surface area contributed by atoms with E-state index in [0.717, 1.165) is 17.4 Å². The molecule has 0 aliphatic carbocycles. The van der Waals surface area contributed by atoms with Crippen molar-refractivity contribution in [1.82, 2.24) is 0 Å². The van der Waals surface area contributed by atoms with Crippen LogP contribution in [0.2, 0.25) is 5.02 Å². The highest BCUT2D eigenvalue weighted by atomic mass is 35.5. The van der Waals surface area contributed by atoms with Crippen LogP contribution in [-0.2, 0) is 17.8 Å². The van der Waals surface area contributed by atoms with E-state index in [-0.39, 0.29) is 12.2 Å². The molecule has 1 heterocycles. The van der Waals surface area contributed by atoms with E-state index in [9.17, 15) is 9.59 Å². The van der Waals surface area contributed by atoms with Crippen LogP contribution in [0.4, 0.5) is 0 Å². The van der Waals surface area contributed by atoms with Gasteiger partial charge in [0.25, 0.3) is 0 Å². The Morgan fingerprint density at radius 3 is 2.69 bits per heavy atom. The predicted molar refractivity (Wildman–Crippen MR) is 99.0 cm³/mol. The molecule has 2 aromatic carbocycles. The largest absolute Gasteiger partial charge is 0.496 e. The van der Waals surface area contributed by atoms with Gasteiger partial charge in [-0.2, -0.15) is 0 Å². The van der Waals surface area contributed by atoms with Gasteiger partial charge in [0.05, 0.1) is 7.11 Å². The third kappa shape index (κ3) is 3.73. The fourth-order valence-electron chi connectivity index (χ4n) is 2.67. The lowest BCUT2D eigenvalue weighted by Crippen LogP contribution is -2.09. The number of carbonyl (C=O) groups excluding carboxylic acids is 1. The Labute approximate surface area is 155 Å². The Balaban J connectivity index is 1.89. The minimum absolute atomic E-state index is 0.0674. The van der Waals surface area contributed by atoms with Crippen molar-refractivity contribution in [2.24, 2.45) is 0 Å². The van der Waals surface area contributed by atoms with E-state index >= 15 is 0 Å². The number of halogens is 1. The highest BCUT2D eigenvalue weighted by Crippen LogP contribution is 2.25. The predicted octanol–water partition coefficient (Wildman–Crippen LogP) is 4.37. The monoisotopic (exact) mass is 372 g/mol. The van der Waals surface area contributed by atoms with E-state index in [1.165, 1.54) is 19.2 Å². The van der Waals surface area contributed by atoms with Crippen LogP contribution < -0.4 is 10.4 Å². The maximum atomic E-state index is 12.4. The molecule has 6 heteroatoms. The molecule has 0 spiro atoms. The highest BCUT2D eigenvalue weighted by molar-refractivity contribution is 6.31. The summed E-state index contributed by atoms with van der Waals surface area (Å²) >= 11 is 5.95. The molecule has 0 bridgehead atoms. The number of aryl methyl sites for hydroxylation is 1. The number of carbonyl (C=O) groups is 1. The Morgan fingerprint density at radius 2 is 1.96 bits per heavy atom. The van der Waals surface area contributed by atoms with Crippen molar-refractivity contribution in [1.29, 1.82) is 0 Å². The molecule has 0 N–H and O–H groups in total. The first-order valence-electron chi connectivity index (χ1n) is 8.08. The highest BCUT2D eigenvalue weighted by Gasteiger charge is 2.16. The van der Waals surface area contributed by atoms with Crippen molar-refractivity contribution >= 4 is 28.5 Å². The minimum Gasteiger partial charge on any atom is -0.496 e. The van der Waals surface area contributed by atoms with E-state index < -0.39 is 11.6 Å². The summed E-state index contributed by atoms with van der Waals surface area (Å²) in [6.07, 6.45) is 0.827. The molecule has 0 saturated carbocycles. The van der Waals surface area contributed by atoms with Crippen molar-refractivity contribution in [2.75, 3.05) is 7.11 Å². The van der Waals surface area contributed by atoms with Crippen molar-refractivity contribution in [3.63, 3.8) is 0 Å². The van der Waals surface area contributed by atoms with Crippen LogP contribution in [0.15, 0.2) is 51.7 Å². The Hall–Kier alpha value is -2.79. The van der Waals surface area contributed by atoms with Crippen LogP contribution in [0.25, 0.3) is 11.0 Å². The van der Waals surface area contributed by atoms with E-state index in [1.807, 2.05) is 25.1 Å². The van der Waals surface area contributed by atoms with Gasteiger partial charge in [-0.1, -0.05) is 30.7 Å². The van der Waals surface area contributed by atoms with E-state index in [4.69, 9.17) is 25.5 Å². The van der Waals surface area contributed by atoms with Gasteiger partial charge in [-0.3, -0.25) is 0 Å². The maximum absolute atomic E-state index is 12.4. The number of ether oxygens (including phenoxy) is 2. The van der Waals surface area contributed by atoms with Gasteiger partial charge in [0, 0.05) is 22.0 Å². The average Bonchev–Trinajstić information content (AvgIpc) is 2.65. The molecule has 0 radical (unpaired) electrons. The van der Waals surface area contributed by atoms with E-state index in [1.54, 1.807) is 12.1 Å². The zero-order chi connectivity index (χ0) is 18.7. The quantitative estimate of drug-likeness (QED) is 0.491. The molecule has 0 aliphatic rings. The zero-order valence-electron chi connectivity index (χ0n) is 14.4. The molecule has 0 unspecified atom stereocenters. The normalized spacial score (nSPS) is 10.7. The van der Waals surface area contributed by atoms with Gasteiger partial charge in [0.15, 0.2) is 0 Å². The molecule has 5 nitrogen and oxygen atoms in total. The summed E-state index contributed by atoms with van der Waals surface area (Å²) in [6, 6.07) is 11.7. The number of rotatable bonds is 5. The Bertz CT molecular complexity index is 1020. The second-order valence-corrected chi connectivity index (χ2v) is 6.13. The van der Waals surface area contributed by atoms with Crippen LogP contribution in [0.5, 0.6) is 5.75 Å². The summed E-state index contributed by atoms with van der Waals surface area (Å²) in [6.45, 7) is 1.95. The molecule has 3 rings (SSSR count). The SMILES string of the molecule is CCc1ccc2c(COC(=O)c3cc(Cl)ccc3OC)cc(=O)oc2c1. The third-order valence-electron chi connectivity index (χ3n) is 4.04. The molecule has 1 aromatic heterocycles. The van der Waals surface area contributed by atoms with Crippen molar-refractivity contribution in [2.45, 2.75) is 20.0 Å².